The molecule has 0 aliphatic heterocycles. The van der Waals surface area contributed by atoms with Gasteiger partial charge in [0.05, 0.1) is 11.0 Å². The lowest BCUT2D eigenvalue weighted by Crippen LogP contribution is -2.10. The molecule has 0 aliphatic rings. The number of rotatable bonds is 2. The monoisotopic (exact) mass is 445 g/mol. The van der Waals surface area contributed by atoms with Crippen LogP contribution in [0.15, 0.2) is 84.9 Å². The van der Waals surface area contributed by atoms with Crippen LogP contribution in [0.2, 0.25) is 0 Å². The predicted molar refractivity (Wildman–Crippen MR) is 148 cm³/mol. The average molecular weight is 446 g/mol. The summed E-state index contributed by atoms with van der Waals surface area (Å²) in [4.78, 5) is 0. The van der Waals surface area contributed by atoms with Crippen LogP contribution >= 0.6 is 0 Å². The topological polar surface area (TPSA) is 4.93 Å². The highest BCUT2D eigenvalue weighted by Gasteiger charge is 2.20. The van der Waals surface area contributed by atoms with Crippen molar-refractivity contribution in [3.63, 3.8) is 0 Å². The van der Waals surface area contributed by atoms with Gasteiger partial charge in [-0.3, -0.25) is 0 Å². The zero-order valence-electron chi connectivity index (χ0n) is 21.5. The molecule has 0 saturated heterocycles. The van der Waals surface area contributed by atoms with Gasteiger partial charge in [0.2, 0.25) is 0 Å². The molecule has 1 heterocycles. The van der Waals surface area contributed by atoms with Gasteiger partial charge >= 0.3 is 0 Å². The summed E-state index contributed by atoms with van der Waals surface area (Å²) in [5.74, 6) is 0. The van der Waals surface area contributed by atoms with Crippen molar-refractivity contribution in [2.75, 3.05) is 0 Å². The second kappa shape index (κ2) is 7.87. The Morgan fingerprint density at radius 1 is 0.529 bits per heavy atom. The lowest BCUT2D eigenvalue weighted by atomic mass is 9.85. The smallest absolute Gasteiger partial charge is 0.0541 e. The molecular formula is C33H35N. The van der Waals surface area contributed by atoms with Crippen LogP contribution < -0.4 is 0 Å². The average Bonchev–Trinajstić information content (AvgIpc) is 3.11. The molecule has 1 heteroatoms. The van der Waals surface area contributed by atoms with E-state index >= 15 is 0 Å². The van der Waals surface area contributed by atoms with Gasteiger partial charge in [0, 0.05) is 16.5 Å². The standard InChI is InChI=1S/C33H35N/c1-22-10-8-11-23(18-22)24-12-9-13-27(19-24)34-30-16-14-25(32(2,3)4)20-28(30)29-21-26(33(5,6)7)15-17-31(29)34/h8-21H,1-7H3. The normalized spacial score (nSPS) is 12.6. The number of hydrogen-bond donors (Lipinski definition) is 0. The molecule has 0 aliphatic carbocycles. The van der Waals surface area contributed by atoms with Crippen LogP contribution in [0.4, 0.5) is 0 Å². The van der Waals surface area contributed by atoms with Gasteiger partial charge in [-0.05, 0) is 76.4 Å². The third-order valence-corrected chi connectivity index (χ3v) is 6.95. The van der Waals surface area contributed by atoms with Crippen molar-refractivity contribution >= 4 is 21.8 Å². The summed E-state index contributed by atoms with van der Waals surface area (Å²) >= 11 is 0. The predicted octanol–water partition coefficient (Wildman–Crippen LogP) is 9.35. The third kappa shape index (κ3) is 3.94. The molecule has 34 heavy (non-hydrogen) atoms. The van der Waals surface area contributed by atoms with Crippen molar-refractivity contribution in [3.05, 3.63) is 102 Å². The Labute approximate surface area is 204 Å². The van der Waals surface area contributed by atoms with Crippen molar-refractivity contribution in [2.45, 2.75) is 59.3 Å². The largest absolute Gasteiger partial charge is 0.309 e. The van der Waals surface area contributed by atoms with Crippen LogP contribution in [0.1, 0.15) is 58.2 Å². The van der Waals surface area contributed by atoms with Crippen molar-refractivity contribution < 1.29 is 0 Å². The highest BCUT2D eigenvalue weighted by molar-refractivity contribution is 6.10. The molecule has 4 aromatic carbocycles. The van der Waals surface area contributed by atoms with E-state index in [0.29, 0.717) is 0 Å². The first kappa shape index (κ1) is 22.5. The Bertz CT molecular complexity index is 1450. The number of hydrogen-bond acceptors (Lipinski definition) is 0. The molecule has 0 N–H and O–H groups in total. The second-order valence-electron chi connectivity index (χ2n) is 11.7. The lowest BCUT2D eigenvalue weighted by molar-refractivity contribution is 0.590. The first-order valence-electron chi connectivity index (χ1n) is 12.3. The van der Waals surface area contributed by atoms with Crippen LogP contribution in [-0.2, 0) is 10.8 Å². The highest BCUT2D eigenvalue weighted by Crippen LogP contribution is 2.38. The number of benzene rings is 4. The van der Waals surface area contributed by atoms with Gasteiger partial charge in [0.1, 0.15) is 0 Å². The minimum Gasteiger partial charge on any atom is -0.309 e. The number of aryl methyl sites for hydroxylation is 1. The Kier molecular flexibility index (Phi) is 5.20. The van der Waals surface area contributed by atoms with Crippen LogP contribution in [0.25, 0.3) is 38.6 Å². The second-order valence-corrected chi connectivity index (χ2v) is 11.7. The Balaban J connectivity index is 1.81. The van der Waals surface area contributed by atoms with E-state index in [1.807, 2.05) is 0 Å². The van der Waals surface area contributed by atoms with Crippen LogP contribution in [0.3, 0.4) is 0 Å². The summed E-state index contributed by atoms with van der Waals surface area (Å²) < 4.78 is 2.43. The molecule has 1 aromatic heterocycles. The summed E-state index contributed by atoms with van der Waals surface area (Å²) in [6, 6.07) is 31.7. The fraction of sp³-hybridized carbons (Fsp3) is 0.273. The van der Waals surface area contributed by atoms with Gasteiger partial charge in [0.15, 0.2) is 0 Å². The molecule has 172 valence electrons. The molecule has 0 amide bonds. The molecule has 1 nitrogen and oxygen atoms in total. The summed E-state index contributed by atoms with van der Waals surface area (Å²) in [6.07, 6.45) is 0. The first-order chi connectivity index (χ1) is 16.0. The van der Waals surface area contributed by atoms with E-state index in [4.69, 9.17) is 0 Å². The number of fused-ring (bicyclic) bond motifs is 3. The zero-order valence-corrected chi connectivity index (χ0v) is 21.5. The SMILES string of the molecule is Cc1cccc(-c2cccc(-n3c4ccc(C(C)(C)C)cc4c4cc(C(C)(C)C)ccc43)c2)c1. The van der Waals surface area contributed by atoms with Gasteiger partial charge in [-0.2, -0.15) is 0 Å². The number of aromatic nitrogens is 1. The van der Waals surface area contributed by atoms with Crippen molar-refractivity contribution in [1.29, 1.82) is 0 Å². The highest BCUT2D eigenvalue weighted by atomic mass is 15.0. The van der Waals surface area contributed by atoms with E-state index in [-0.39, 0.29) is 10.8 Å². The minimum atomic E-state index is 0.106. The van der Waals surface area contributed by atoms with Gasteiger partial charge in [-0.25, -0.2) is 0 Å². The molecule has 5 aromatic rings. The molecule has 5 rings (SSSR count). The summed E-state index contributed by atoms with van der Waals surface area (Å²) in [5.41, 5.74) is 10.5. The van der Waals surface area contributed by atoms with Gasteiger partial charge in [-0.1, -0.05) is 95.6 Å². The Morgan fingerprint density at radius 2 is 1.03 bits per heavy atom. The van der Waals surface area contributed by atoms with E-state index in [1.165, 1.54) is 55.3 Å². The van der Waals surface area contributed by atoms with Gasteiger partial charge in [-0.15, -0.1) is 0 Å². The Morgan fingerprint density at radius 3 is 1.53 bits per heavy atom. The van der Waals surface area contributed by atoms with E-state index in [9.17, 15) is 0 Å². The van der Waals surface area contributed by atoms with Gasteiger partial charge < -0.3 is 4.57 Å². The maximum Gasteiger partial charge on any atom is 0.0541 e. The minimum absolute atomic E-state index is 0.106. The summed E-state index contributed by atoms with van der Waals surface area (Å²) in [6.45, 7) is 15.9. The van der Waals surface area contributed by atoms with E-state index in [0.717, 1.165) is 0 Å². The first-order valence-corrected chi connectivity index (χ1v) is 12.3. The Hall–Kier alpha value is -3.32. The fourth-order valence-electron chi connectivity index (χ4n) is 4.88. The van der Waals surface area contributed by atoms with E-state index < -0.39 is 0 Å². The zero-order chi connectivity index (χ0) is 24.3. The molecular weight excluding hydrogens is 410 g/mol. The van der Waals surface area contributed by atoms with Crippen molar-refractivity contribution in [2.24, 2.45) is 0 Å². The maximum absolute atomic E-state index is 2.43. The van der Waals surface area contributed by atoms with Crippen molar-refractivity contribution in [1.82, 2.24) is 4.57 Å². The molecule has 0 saturated carbocycles. The number of nitrogens with zero attached hydrogens (tertiary/aromatic N) is 1. The lowest BCUT2D eigenvalue weighted by Gasteiger charge is -2.19. The van der Waals surface area contributed by atoms with E-state index in [2.05, 4.69) is 138 Å². The van der Waals surface area contributed by atoms with Gasteiger partial charge in [0.25, 0.3) is 0 Å². The third-order valence-electron chi connectivity index (χ3n) is 6.95. The van der Waals surface area contributed by atoms with Crippen LogP contribution in [0, 0.1) is 6.92 Å². The summed E-state index contributed by atoms with van der Waals surface area (Å²) in [7, 11) is 0. The fourth-order valence-corrected chi connectivity index (χ4v) is 4.88. The van der Waals surface area contributed by atoms with Crippen LogP contribution in [-0.4, -0.2) is 4.57 Å². The van der Waals surface area contributed by atoms with Crippen LogP contribution in [0.5, 0.6) is 0 Å². The quantitative estimate of drug-likeness (QED) is 0.255. The van der Waals surface area contributed by atoms with Crippen molar-refractivity contribution in [3.8, 4) is 16.8 Å². The molecule has 0 spiro atoms. The molecule has 0 radical (unpaired) electrons. The molecule has 0 atom stereocenters. The summed E-state index contributed by atoms with van der Waals surface area (Å²) in [5, 5.41) is 2.66. The molecule has 0 fully saturated rings. The van der Waals surface area contributed by atoms with E-state index in [1.54, 1.807) is 0 Å². The molecule has 0 unspecified atom stereocenters. The maximum atomic E-state index is 2.43. The molecule has 0 bridgehead atoms.